The number of methoxy groups -OCH3 is 2. The first-order chi connectivity index (χ1) is 7.56. The lowest BCUT2D eigenvalue weighted by Gasteiger charge is -2.14. The molecule has 0 spiro atoms. The number of ether oxygens (including phenoxy) is 2. The zero-order valence-corrected chi connectivity index (χ0v) is 10.2. The van der Waals surface area contributed by atoms with Crippen molar-refractivity contribution in [2.75, 3.05) is 20.8 Å². The van der Waals surface area contributed by atoms with Gasteiger partial charge >= 0.3 is 0 Å². The fraction of sp³-hybridized carbons (Fsp3) is 0.364. The minimum Gasteiger partial charge on any atom is -0.493 e. The molecule has 0 radical (unpaired) electrons. The van der Waals surface area contributed by atoms with Crippen LogP contribution in [0.25, 0.3) is 0 Å². The van der Waals surface area contributed by atoms with E-state index in [2.05, 4.69) is 0 Å². The van der Waals surface area contributed by atoms with Crippen LogP contribution >= 0.6 is 11.6 Å². The zero-order valence-electron chi connectivity index (χ0n) is 9.46. The lowest BCUT2D eigenvalue weighted by molar-refractivity contribution is 0.100. The molecule has 0 bridgehead atoms. The molecule has 16 heavy (non-hydrogen) atoms. The number of halogens is 1. The van der Waals surface area contributed by atoms with Gasteiger partial charge in [0.15, 0.2) is 17.3 Å². The van der Waals surface area contributed by atoms with Gasteiger partial charge in [0.1, 0.15) is 0 Å². The number of hydrogen-bond donors (Lipinski definition) is 1. The van der Waals surface area contributed by atoms with Crippen LogP contribution < -0.4 is 15.2 Å². The number of aryl methyl sites for hydroxylation is 1. The molecule has 0 aliphatic heterocycles. The van der Waals surface area contributed by atoms with E-state index in [4.69, 9.17) is 26.8 Å². The van der Waals surface area contributed by atoms with Gasteiger partial charge in [-0.25, -0.2) is 0 Å². The Morgan fingerprint density at radius 3 is 2.50 bits per heavy atom. The molecular weight excluding hydrogens is 230 g/mol. The zero-order chi connectivity index (χ0) is 12.3. The van der Waals surface area contributed by atoms with Gasteiger partial charge in [-0.1, -0.05) is 11.6 Å². The van der Waals surface area contributed by atoms with Crippen molar-refractivity contribution >= 4 is 17.4 Å². The summed E-state index contributed by atoms with van der Waals surface area (Å²) in [6.45, 7) is 1.69. The minimum absolute atomic E-state index is 0.0873. The number of carbonyl (C=O) groups is 1. The molecule has 0 atom stereocenters. The second-order valence-corrected chi connectivity index (χ2v) is 3.62. The highest BCUT2D eigenvalue weighted by Crippen LogP contribution is 2.39. The maximum atomic E-state index is 11.6. The second kappa shape index (κ2) is 5.18. The number of nitrogens with two attached hydrogens (primary N) is 1. The summed E-state index contributed by atoms with van der Waals surface area (Å²) < 4.78 is 10.2. The van der Waals surface area contributed by atoms with E-state index in [1.54, 1.807) is 13.0 Å². The van der Waals surface area contributed by atoms with Crippen LogP contribution in [0.1, 0.15) is 15.9 Å². The summed E-state index contributed by atoms with van der Waals surface area (Å²) in [7, 11) is 2.98. The van der Waals surface area contributed by atoms with Crippen LogP contribution in [0.4, 0.5) is 0 Å². The molecule has 0 aliphatic rings. The Kier molecular flexibility index (Phi) is 4.15. The molecule has 5 heteroatoms. The Balaban J connectivity index is 3.46. The predicted octanol–water partition coefficient (Wildman–Crippen LogP) is 1.81. The largest absolute Gasteiger partial charge is 0.493 e. The lowest BCUT2D eigenvalue weighted by Crippen LogP contribution is -2.16. The summed E-state index contributed by atoms with van der Waals surface area (Å²) in [5.74, 6) is 0.633. The average Bonchev–Trinajstić information content (AvgIpc) is 2.27. The topological polar surface area (TPSA) is 61.5 Å². The number of rotatable bonds is 4. The molecule has 1 aromatic rings. The summed E-state index contributed by atoms with van der Waals surface area (Å²) in [5.41, 5.74) is 6.43. The summed E-state index contributed by atoms with van der Waals surface area (Å²) in [4.78, 5) is 11.6. The number of hydrogen-bond acceptors (Lipinski definition) is 4. The summed E-state index contributed by atoms with van der Waals surface area (Å²) >= 11 is 6.09. The quantitative estimate of drug-likeness (QED) is 0.820. The third-order valence-corrected chi connectivity index (χ3v) is 2.63. The van der Waals surface area contributed by atoms with Gasteiger partial charge in [0.2, 0.25) is 0 Å². The Hall–Kier alpha value is -1.26. The molecule has 4 nitrogen and oxygen atoms in total. The summed E-state index contributed by atoms with van der Waals surface area (Å²) in [6.07, 6.45) is 0. The van der Waals surface area contributed by atoms with Crippen LogP contribution in [-0.2, 0) is 0 Å². The van der Waals surface area contributed by atoms with Crippen molar-refractivity contribution in [2.24, 2.45) is 5.73 Å². The van der Waals surface area contributed by atoms with E-state index in [1.165, 1.54) is 14.2 Å². The van der Waals surface area contributed by atoms with Gasteiger partial charge in [-0.2, -0.15) is 0 Å². The maximum Gasteiger partial charge on any atom is 0.180 e. The molecule has 0 saturated heterocycles. The third kappa shape index (κ3) is 2.13. The standard InChI is InChI=1S/C11H14ClNO3/c1-6-4-8(15-2)11(16-3)10(12)9(6)7(14)5-13/h4H,5,13H2,1-3H3. The molecule has 0 fully saturated rings. The smallest absolute Gasteiger partial charge is 0.180 e. The van der Waals surface area contributed by atoms with E-state index in [0.29, 0.717) is 17.1 Å². The Morgan fingerprint density at radius 1 is 1.44 bits per heavy atom. The van der Waals surface area contributed by atoms with Crippen molar-refractivity contribution in [3.63, 3.8) is 0 Å². The van der Waals surface area contributed by atoms with Crippen molar-refractivity contribution in [1.82, 2.24) is 0 Å². The summed E-state index contributed by atoms with van der Waals surface area (Å²) in [5, 5.41) is 0.245. The van der Waals surface area contributed by atoms with Crippen LogP contribution in [0, 0.1) is 6.92 Å². The predicted molar refractivity (Wildman–Crippen MR) is 62.7 cm³/mol. The van der Waals surface area contributed by atoms with Crippen LogP contribution in [0.5, 0.6) is 11.5 Å². The molecule has 88 valence electrons. The van der Waals surface area contributed by atoms with Crippen molar-refractivity contribution < 1.29 is 14.3 Å². The van der Waals surface area contributed by atoms with Gasteiger partial charge < -0.3 is 15.2 Å². The Morgan fingerprint density at radius 2 is 2.06 bits per heavy atom. The van der Waals surface area contributed by atoms with Gasteiger partial charge in [-0.05, 0) is 18.6 Å². The molecule has 0 amide bonds. The fourth-order valence-electron chi connectivity index (χ4n) is 1.52. The van der Waals surface area contributed by atoms with Crippen molar-refractivity contribution in [3.05, 3.63) is 22.2 Å². The molecule has 0 aliphatic carbocycles. The SMILES string of the molecule is COc1cc(C)c(C(=O)CN)c(Cl)c1OC. The van der Waals surface area contributed by atoms with E-state index in [-0.39, 0.29) is 17.4 Å². The van der Waals surface area contributed by atoms with Gasteiger partial charge in [-0.15, -0.1) is 0 Å². The van der Waals surface area contributed by atoms with E-state index < -0.39 is 0 Å². The van der Waals surface area contributed by atoms with Gasteiger partial charge in [0, 0.05) is 5.56 Å². The number of carbonyl (C=O) groups excluding carboxylic acids is 1. The van der Waals surface area contributed by atoms with E-state index in [1.807, 2.05) is 0 Å². The molecule has 0 unspecified atom stereocenters. The average molecular weight is 244 g/mol. The normalized spacial score (nSPS) is 10.1. The molecular formula is C11H14ClNO3. The van der Waals surface area contributed by atoms with Crippen molar-refractivity contribution in [3.8, 4) is 11.5 Å². The van der Waals surface area contributed by atoms with Crippen LogP contribution in [0.15, 0.2) is 6.07 Å². The minimum atomic E-state index is -0.219. The highest BCUT2D eigenvalue weighted by Gasteiger charge is 2.20. The van der Waals surface area contributed by atoms with Crippen LogP contribution in [0.2, 0.25) is 5.02 Å². The van der Waals surface area contributed by atoms with Gasteiger partial charge in [-0.3, -0.25) is 4.79 Å². The number of ketones is 1. The van der Waals surface area contributed by atoms with E-state index in [9.17, 15) is 4.79 Å². The Bertz CT molecular complexity index is 418. The van der Waals surface area contributed by atoms with Crippen LogP contribution in [0.3, 0.4) is 0 Å². The third-order valence-electron chi connectivity index (χ3n) is 2.27. The first-order valence-corrected chi connectivity index (χ1v) is 5.08. The van der Waals surface area contributed by atoms with Gasteiger partial charge in [0.05, 0.1) is 25.8 Å². The number of benzene rings is 1. The highest BCUT2D eigenvalue weighted by atomic mass is 35.5. The second-order valence-electron chi connectivity index (χ2n) is 3.25. The van der Waals surface area contributed by atoms with E-state index in [0.717, 1.165) is 5.56 Å². The first kappa shape index (κ1) is 12.8. The monoisotopic (exact) mass is 243 g/mol. The van der Waals surface area contributed by atoms with E-state index >= 15 is 0 Å². The maximum absolute atomic E-state index is 11.6. The molecule has 0 heterocycles. The number of Topliss-reactive ketones (excluding diaryl/α,β-unsaturated/α-hetero) is 1. The fourth-order valence-corrected chi connectivity index (χ4v) is 1.94. The summed E-state index contributed by atoms with van der Waals surface area (Å²) in [6, 6.07) is 1.70. The molecule has 1 aromatic carbocycles. The van der Waals surface area contributed by atoms with Gasteiger partial charge in [0.25, 0.3) is 0 Å². The molecule has 0 aromatic heterocycles. The molecule has 2 N–H and O–H groups in total. The Labute approximate surface area is 99.3 Å². The first-order valence-electron chi connectivity index (χ1n) is 4.71. The molecule has 1 rings (SSSR count). The van der Waals surface area contributed by atoms with Crippen molar-refractivity contribution in [2.45, 2.75) is 6.92 Å². The van der Waals surface area contributed by atoms with Crippen molar-refractivity contribution in [1.29, 1.82) is 0 Å². The lowest BCUT2D eigenvalue weighted by atomic mass is 10.0. The van der Waals surface area contributed by atoms with Crippen LogP contribution in [-0.4, -0.2) is 26.5 Å². The molecule has 0 saturated carbocycles. The highest BCUT2D eigenvalue weighted by molar-refractivity contribution is 6.36.